The smallest absolute Gasteiger partial charge is 0.241 e. The Labute approximate surface area is 187 Å². The first-order valence-corrected chi connectivity index (χ1v) is 10.9. The molecule has 1 aliphatic rings. The summed E-state index contributed by atoms with van der Waals surface area (Å²) >= 11 is 0. The molecular weight excluding hydrogens is 409 g/mol. The van der Waals surface area contributed by atoms with Crippen LogP contribution >= 0.6 is 0 Å². The van der Waals surface area contributed by atoms with Gasteiger partial charge in [0.25, 0.3) is 0 Å². The molecule has 4 rings (SSSR count). The Kier molecular flexibility index (Phi) is 6.92. The van der Waals surface area contributed by atoms with Crippen molar-refractivity contribution in [1.82, 2.24) is 25.3 Å². The molecule has 0 aliphatic carbocycles. The van der Waals surface area contributed by atoms with Gasteiger partial charge in [-0.25, -0.2) is 4.39 Å². The highest BCUT2D eigenvalue weighted by atomic mass is 19.1. The van der Waals surface area contributed by atoms with Gasteiger partial charge in [0.2, 0.25) is 17.6 Å². The number of carbonyl (C=O) groups excluding carboxylic acids is 1. The van der Waals surface area contributed by atoms with Crippen LogP contribution in [0.25, 0.3) is 11.4 Å². The van der Waals surface area contributed by atoms with E-state index in [0.717, 1.165) is 42.9 Å². The van der Waals surface area contributed by atoms with Crippen LogP contribution in [-0.4, -0.2) is 58.1 Å². The molecule has 1 aromatic heterocycles. The Morgan fingerprint density at radius 2 is 1.84 bits per heavy atom. The number of halogens is 1. The molecule has 1 fully saturated rings. The third kappa shape index (κ3) is 5.38. The molecular formula is C24H28FN5O2. The van der Waals surface area contributed by atoms with Crippen LogP contribution in [0.4, 0.5) is 4.39 Å². The van der Waals surface area contributed by atoms with Crippen molar-refractivity contribution in [2.75, 3.05) is 26.2 Å². The number of carbonyl (C=O) groups is 1. The van der Waals surface area contributed by atoms with Crippen molar-refractivity contribution in [3.8, 4) is 11.4 Å². The molecule has 1 aliphatic heterocycles. The number of nitrogens with one attached hydrogen (secondary N) is 1. The van der Waals surface area contributed by atoms with E-state index < -0.39 is 0 Å². The lowest BCUT2D eigenvalue weighted by atomic mass is 10.1. The highest BCUT2D eigenvalue weighted by Crippen LogP contribution is 2.20. The minimum atomic E-state index is -0.279. The van der Waals surface area contributed by atoms with E-state index in [9.17, 15) is 9.18 Å². The van der Waals surface area contributed by atoms with Gasteiger partial charge >= 0.3 is 0 Å². The van der Waals surface area contributed by atoms with E-state index in [-0.39, 0.29) is 17.8 Å². The summed E-state index contributed by atoms with van der Waals surface area (Å²) in [4.78, 5) is 21.5. The SMILES string of the molecule is Cc1ccccc1-c1noc(CN2CCN(C(C)C(=O)NCc3ccc(F)cc3)CC2)n1. The summed E-state index contributed by atoms with van der Waals surface area (Å²) in [5, 5.41) is 7.07. The summed E-state index contributed by atoms with van der Waals surface area (Å²) in [6.07, 6.45) is 0. The highest BCUT2D eigenvalue weighted by molar-refractivity contribution is 5.81. The van der Waals surface area contributed by atoms with Crippen molar-refractivity contribution < 1.29 is 13.7 Å². The zero-order valence-electron chi connectivity index (χ0n) is 18.4. The molecule has 168 valence electrons. The first kappa shape index (κ1) is 22.1. The maximum atomic E-state index is 13.0. The molecule has 0 spiro atoms. The van der Waals surface area contributed by atoms with Crippen molar-refractivity contribution in [1.29, 1.82) is 0 Å². The molecule has 7 nitrogen and oxygen atoms in total. The number of nitrogens with zero attached hydrogens (tertiary/aromatic N) is 4. The Balaban J connectivity index is 1.24. The van der Waals surface area contributed by atoms with Crippen molar-refractivity contribution in [2.24, 2.45) is 0 Å². The number of rotatable bonds is 7. The number of hydrogen-bond acceptors (Lipinski definition) is 6. The summed E-state index contributed by atoms with van der Waals surface area (Å²) in [7, 11) is 0. The Bertz CT molecular complexity index is 1040. The van der Waals surface area contributed by atoms with E-state index in [4.69, 9.17) is 4.52 Å². The predicted octanol–water partition coefficient (Wildman–Crippen LogP) is 3.01. The molecule has 1 unspecified atom stereocenters. The first-order valence-electron chi connectivity index (χ1n) is 10.9. The normalized spacial score (nSPS) is 16.1. The second-order valence-corrected chi connectivity index (χ2v) is 8.16. The van der Waals surface area contributed by atoms with Gasteiger partial charge < -0.3 is 9.84 Å². The van der Waals surface area contributed by atoms with E-state index in [2.05, 4.69) is 25.3 Å². The van der Waals surface area contributed by atoms with Crippen LogP contribution in [0.5, 0.6) is 0 Å². The fraction of sp³-hybridized carbons (Fsp3) is 0.375. The highest BCUT2D eigenvalue weighted by Gasteiger charge is 2.26. The lowest BCUT2D eigenvalue weighted by molar-refractivity contribution is -0.126. The number of amides is 1. The first-order chi connectivity index (χ1) is 15.5. The molecule has 1 atom stereocenters. The monoisotopic (exact) mass is 437 g/mol. The molecule has 1 amide bonds. The lowest BCUT2D eigenvalue weighted by Crippen LogP contribution is -2.53. The van der Waals surface area contributed by atoms with Crippen molar-refractivity contribution in [3.05, 3.63) is 71.4 Å². The fourth-order valence-electron chi connectivity index (χ4n) is 3.86. The van der Waals surface area contributed by atoms with Gasteiger partial charge in [0, 0.05) is 38.3 Å². The Morgan fingerprint density at radius 3 is 2.56 bits per heavy atom. The van der Waals surface area contributed by atoms with Gasteiger partial charge in [0.15, 0.2) is 0 Å². The standard InChI is InChI=1S/C24H28FN5O2/c1-17-5-3-4-6-21(17)23-27-22(32-28-23)16-29-11-13-30(14-12-29)18(2)24(31)26-15-19-7-9-20(25)10-8-19/h3-10,18H,11-16H2,1-2H3,(H,26,31). The minimum absolute atomic E-state index is 0.0254. The predicted molar refractivity (Wildman–Crippen MR) is 119 cm³/mol. The third-order valence-corrected chi connectivity index (χ3v) is 5.93. The second-order valence-electron chi connectivity index (χ2n) is 8.16. The van der Waals surface area contributed by atoms with E-state index >= 15 is 0 Å². The van der Waals surface area contributed by atoms with Crippen molar-refractivity contribution in [2.45, 2.75) is 33.0 Å². The molecule has 0 saturated carbocycles. The van der Waals surface area contributed by atoms with Crippen LogP contribution < -0.4 is 5.32 Å². The van der Waals surface area contributed by atoms with Crippen LogP contribution in [-0.2, 0) is 17.9 Å². The summed E-state index contributed by atoms with van der Waals surface area (Å²) in [6.45, 7) is 8.13. The zero-order valence-corrected chi connectivity index (χ0v) is 18.4. The van der Waals surface area contributed by atoms with Crippen LogP contribution in [0, 0.1) is 12.7 Å². The average Bonchev–Trinajstić information content (AvgIpc) is 3.27. The number of aromatic nitrogens is 2. The molecule has 3 aromatic rings. The summed E-state index contributed by atoms with van der Waals surface area (Å²) in [6, 6.07) is 13.9. The van der Waals surface area contributed by atoms with Gasteiger partial charge in [0.05, 0.1) is 12.6 Å². The molecule has 32 heavy (non-hydrogen) atoms. The molecule has 0 bridgehead atoms. The number of hydrogen-bond donors (Lipinski definition) is 1. The number of aryl methyl sites for hydroxylation is 1. The molecule has 1 N–H and O–H groups in total. The Morgan fingerprint density at radius 1 is 1.12 bits per heavy atom. The molecule has 8 heteroatoms. The maximum Gasteiger partial charge on any atom is 0.241 e. The van der Waals surface area contributed by atoms with Crippen LogP contribution in [0.2, 0.25) is 0 Å². The van der Waals surface area contributed by atoms with Crippen LogP contribution in [0.15, 0.2) is 53.1 Å². The van der Waals surface area contributed by atoms with E-state index in [0.29, 0.717) is 24.8 Å². The Hall–Kier alpha value is -3.10. The maximum absolute atomic E-state index is 13.0. The van der Waals surface area contributed by atoms with Gasteiger partial charge in [-0.1, -0.05) is 41.6 Å². The molecule has 2 aromatic carbocycles. The number of benzene rings is 2. The fourth-order valence-corrected chi connectivity index (χ4v) is 3.86. The quantitative estimate of drug-likeness (QED) is 0.613. The van der Waals surface area contributed by atoms with Crippen LogP contribution in [0.3, 0.4) is 0 Å². The van der Waals surface area contributed by atoms with E-state index in [1.165, 1.54) is 12.1 Å². The average molecular weight is 438 g/mol. The van der Waals surface area contributed by atoms with E-state index in [1.54, 1.807) is 12.1 Å². The van der Waals surface area contributed by atoms with Gasteiger partial charge in [-0.2, -0.15) is 4.98 Å². The largest absolute Gasteiger partial charge is 0.351 e. The summed E-state index contributed by atoms with van der Waals surface area (Å²) in [5.74, 6) is 0.908. The molecule has 1 saturated heterocycles. The summed E-state index contributed by atoms with van der Waals surface area (Å²) in [5.41, 5.74) is 2.97. The lowest BCUT2D eigenvalue weighted by Gasteiger charge is -2.36. The van der Waals surface area contributed by atoms with Gasteiger partial charge in [-0.15, -0.1) is 0 Å². The van der Waals surface area contributed by atoms with Crippen molar-refractivity contribution >= 4 is 5.91 Å². The van der Waals surface area contributed by atoms with Gasteiger partial charge in [-0.3, -0.25) is 14.6 Å². The van der Waals surface area contributed by atoms with E-state index in [1.807, 2.05) is 38.1 Å². The topological polar surface area (TPSA) is 74.5 Å². The molecule has 2 heterocycles. The number of piperazine rings is 1. The third-order valence-electron chi connectivity index (χ3n) is 5.93. The van der Waals surface area contributed by atoms with Crippen LogP contribution in [0.1, 0.15) is 23.9 Å². The minimum Gasteiger partial charge on any atom is -0.351 e. The van der Waals surface area contributed by atoms with Crippen molar-refractivity contribution in [3.63, 3.8) is 0 Å². The van der Waals surface area contributed by atoms with Gasteiger partial charge in [-0.05, 0) is 37.1 Å². The summed E-state index contributed by atoms with van der Waals surface area (Å²) < 4.78 is 18.5. The molecule has 0 radical (unpaired) electrons. The van der Waals surface area contributed by atoms with Gasteiger partial charge in [0.1, 0.15) is 5.82 Å². The zero-order chi connectivity index (χ0) is 22.5. The second kappa shape index (κ2) is 10.0.